The summed E-state index contributed by atoms with van der Waals surface area (Å²) in [5.74, 6) is -1.68. The fourth-order valence-corrected chi connectivity index (χ4v) is 1.68. The van der Waals surface area contributed by atoms with E-state index in [0.717, 1.165) is 0 Å². The van der Waals surface area contributed by atoms with Gasteiger partial charge in [-0.25, -0.2) is 4.79 Å². The minimum Gasteiger partial charge on any atom is -0.456 e. The molecule has 0 saturated heterocycles. The van der Waals surface area contributed by atoms with E-state index in [1.807, 2.05) is 0 Å². The number of nitro benzene ring substituents is 1. The number of hydrogen-bond acceptors (Lipinski definition) is 5. The summed E-state index contributed by atoms with van der Waals surface area (Å²) < 4.78 is 5.05. The Morgan fingerprint density at radius 1 is 1.29 bits per heavy atom. The predicted molar refractivity (Wildman–Crippen MR) is 77.1 cm³/mol. The van der Waals surface area contributed by atoms with Crippen LogP contribution >= 0.6 is 0 Å². The Morgan fingerprint density at radius 3 is 2.33 bits per heavy atom. The van der Waals surface area contributed by atoms with Crippen LogP contribution < -0.4 is 0 Å². The van der Waals surface area contributed by atoms with Crippen molar-refractivity contribution in [3.05, 3.63) is 51.6 Å². The van der Waals surface area contributed by atoms with Crippen LogP contribution in [0.5, 0.6) is 0 Å². The van der Waals surface area contributed by atoms with E-state index in [1.165, 1.54) is 12.1 Å². The van der Waals surface area contributed by atoms with Gasteiger partial charge in [-0.3, -0.25) is 14.9 Å². The molecule has 0 saturated carbocycles. The molecule has 0 atom stereocenters. The first-order chi connectivity index (χ1) is 9.54. The average molecular weight is 291 g/mol. The molecule has 0 aliphatic carbocycles. The SMILES string of the molecule is C=C(C(=O)OC(C)(C)C)C(=O)c1c(C)cccc1[N+](=O)[O-]. The summed E-state index contributed by atoms with van der Waals surface area (Å²) in [6.45, 7) is 9.92. The normalized spacial score (nSPS) is 10.9. The molecule has 1 aromatic carbocycles. The minimum atomic E-state index is -0.884. The summed E-state index contributed by atoms with van der Waals surface area (Å²) in [5, 5.41) is 11.0. The Morgan fingerprint density at radius 2 is 1.86 bits per heavy atom. The van der Waals surface area contributed by atoms with Gasteiger partial charge in [0.1, 0.15) is 16.7 Å². The van der Waals surface area contributed by atoms with Gasteiger partial charge in [0.2, 0.25) is 5.78 Å². The maximum atomic E-state index is 12.3. The van der Waals surface area contributed by atoms with Crippen molar-refractivity contribution in [2.75, 3.05) is 0 Å². The summed E-state index contributed by atoms with van der Waals surface area (Å²) in [5.41, 5.74) is -1.30. The molecule has 0 unspecified atom stereocenters. The van der Waals surface area contributed by atoms with E-state index in [2.05, 4.69) is 6.58 Å². The van der Waals surface area contributed by atoms with Gasteiger partial charge in [-0.1, -0.05) is 18.7 Å². The Kier molecular flexibility index (Phi) is 4.62. The van der Waals surface area contributed by atoms with Crippen molar-refractivity contribution >= 4 is 17.4 Å². The molecule has 0 fully saturated rings. The van der Waals surface area contributed by atoms with Gasteiger partial charge in [0.25, 0.3) is 5.69 Å². The summed E-state index contributed by atoms with van der Waals surface area (Å²) in [6.07, 6.45) is 0. The second-order valence-corrected chi connectivity index (χ2v) is 5.54. The first-order valence-corrected chi connectivity index (χ1v) is 6.25. The lowest BCUT2D eigenvalue weighted by Gasteiger charge is -2.20. The Labute approximate surface area is 122 Å². The van der Waals surface area contributed by atoms with Crippen LogP contribution in [0.25, 0.3) is 0 Å². The number of hydrogen-bond donors (Lipinski definition) is 0. The van der Waals surface area contributed by atoms with Gasteiger partial charge in [-0.15, -0.1) is 0 Å². The quantitative estimate of drug-likeness (QED) is 0.162. The molecule has 112 valence electrons. The highest BCUT2D eigenvalue weighted by atomic mass is 16.6. The molecule has 21 heavy (non-hydrogen) atoms. The van der Waals surface area contributed by atoms with Crippen LogP contribution in [0.2, 0.25) is 0 Å². The van der Waals surface area contributed by atoms with Crippen molar-refractivity contribution in [3.63, 3.8) is 0 Å². The van der Waals surface area contributed by atoms with Crippen molar-refractivity contribution in [2.24, 2.45) is 0 Å². The van der Waals surface area contributed by atoms with Gasteiger partial charge in [0, 0.05) is 6.07 Å². The van der Waals surface area contributed by atoms with Crippen LogP contribution in [0.15, 0.2) is 30.4 Å². The van der Waals surface area contributed by atoms with E-state index in [1.54, 1.807) is 33.8 Å². The third-order valence-electron chi connectivity index (χ3n) is 2.59. The largest absolute Gasteiger partial charge is 0.456 e. The van der Waals surface area contributed by atoms with Crippen molar-refractivity contribution in [1.82, 2.24) is 0 Å². The van der Waals surface area contributed by atoms with Crippen molar-refractivity contribution in [3.8, 4) is 0 Å². The average Bonchev–Trinajstić information content (AvgIpc) is 2.34. The standard InChI is InChI=1S/C15H17NO5/c1-9-7-6-8-11(16(19)20)12(9)13(17)10(2)14(18)21-15(3,4)5/h6-8H,2H2,1,3-5H3. The van der Waals surface area contributed by atoms with Crippen LogP contribution in [-0.2, 0) is 9.53 Å². The zero-order valence-electron chi connectivity index (χ0n) is 12.4. The lowest BCUT2D eigenvalue weighted by molar-refractivity contribution is -0.385. The number of ketones is 1. The molecule has 0 bridgehead atoms. The summed E-state index contributed by atoms with van der Waals surface area (Å²) in [6, 6.07) is 4.24. The Balaban J connectivity index is 3.18. The van der Waals surface area contributed by atoms with Crippen molar-refractivity contribution < 1.29 is 19.2 Å². The highest BCUT2D eigenvalue weighted by Gasteiger charge is 2.29. The third-order valence-corrected chi connectivity index (χ3v) is 2.59. The summed E-state index contributed by atoms with van der Waals surface area (Å²) >= 11 is 0. The smallest absolute Gasteiger partial charge is 0.342 e. The number of aryl methyl sites for hydroxylation is 1. The highest BCUT2D eigenvalue weighted by Crippen LogP contribution is 2.25. The second-order valence-electron chi connectivity index (χ2n) is 5.54. The number of rotatable bonds is 4. The maximum absolute atomic E-state index is 12.3. The number of carbonyl (C=O) groups excluding carboxylic acids is 2. The third kappa shape index (κ3) is 3.98. The van der Waals surface area contributed by atoms with Gasteiger partial charge in [0.05, 0.1) is 4.92 Å². The van der Waals surface area contributed by atoms with Crippen molar-refractivity contribution in [2.45, 2.75) is 33.3 Å². The molecule has 0 aliphatic rings. The molecular formula is C15H17NO5. The Bertz CT molecular complexity index is 625. The lowest BCUT2D eigenvalue weighted by Crippen LogP contribution is -2.27. The summed E-state index contributed by atoms with van der Waals surface area (Å²) in [4.78, 5) is 34.5. The molecule has 1 rings (SSSR count). The molecule has 1 aromatic rings. The van der Waals surface area contributed by atoms with Gasteiger partial charge >= 0.3 is 5.97 Å². The lowest BCUT2D eigenvalue weighted by atomic mass is 9.98. The van der Waals surface area contributed by atoms with Crippen LogP contribution in [0.4, 0.5) is 5.69 Å². The zero-order valence-corrected chi connectivity index (χ0v) is 12.4. The predicted octanol–water partition coefficient (Wildman–Crippen LogP) is 2.98. The minimum absolute atomic E-state index is 0.140. The number of Topliss-reactive ketones (excluding diaryl/α,β-unsaturated/α-hetero) is 1. The fourth-order valence-electron chi connectivity index (χ4n) is 1.68. The van der Waals surface area contributed by atoms with E-state index >= 15 is 0 Å². The first-order valence-electron chi connectivity index (χ1n) is 6.25. The van der Waals surface area contributed by atoms with Crippen LogP contribution in [0.1, 0.15) is 36.7 Å². The molecule has 0 aromatic heterocycles. The van der Waals surface area contributed by atoms with E-state index in [9.17, 15) is 19.7 Å². The van der Waals surface area contributed by atoms with Gasteiger partial charge in [-0.05, 0) is 33.3 Å². The monoisotopic (exact) mass is 291 g/mol. The van der Waals surface area contributed by atoms with Gasteiger partial charge < -0.3 is 4.74 Å². The number of benzene rings is 1. The van der Waals surface area contributed by atoms with E-state index in [4.69, 9.17) is 4.74 Å². The zero-order chi connectivity index (χ0) is 16.4. The molecule has 6 nitrogen and oxygen atoms in total. The van der Waals surface area contributed by atoms with E-state index in [-0.39, 0.29) is 11.3 Å². The molecular weight excluding hydrogens is 274 g/mol. The second kappa shape index (κ2) is 5.87. The molecule has 0 spiro atoms. The summed E-state index contributed by atoms with van der Waals surface area (Å²) in [7, 11) is 0. The highest BCUT2D eigenvalue weighted by molar-refractivity contribution is 6.25. The van der Waals surface area contributed by atoms with Crippen molar-refractivity contribution in [1.29, 1.82) is 0 Å². The number of nitro groups is 1. The number of ether oxygens (including phenoxy) is 1. The first kappa shape index (κ1) is 16.6. The van der Waals surface area contributed by atoms with E-state index in [0.29, 0.717) is 5.56 Å². The van der Waals surface area contributed by atoms with Crippen LogP contribution in [0, 0.1) is 17.0 Å². The maximum Gasteiger partial charge on any atom is 0.342 e. The number of esters is 1. The Hall–Kier alpha value is -2.50. The molecule has 0 heterocycles. The fraction of sp³-hybridized carbons (Fsp3) is 0.333. The molecule has 0 aliphatic heterocycles. The number of carbonyl (C=O) groups is 2. The molecule has 0 amide bonds. The van der Waals surface area contributed by atoms with Gasteiger partial charge in [-0.2, -0.15) is 0 Å². The van der Waals surface area contributed by atoms with Crippen LogP contribution in [0.3, 0.4) is 0 Å². The van der Waals surface area contributed by atoms with E-state index < -0.39 is 27.9 Å². The number of nitrogens with zero attached hydrogens (tertiary/aromatic N) is 1. The topological polar surface area (TPSA) is 86.5 Å². The van der Waals surface area contributed by atoms with Crippen LogP contribution in [-0.4, -0.2) is 22.3 Å². The molecule has 0 N–H and O–H groups in total. The van der Waals surface area contributed by atoms with Gasteiger partial charge in [0.15, 0.2) is 0 Å². The molecule has 0 radical (unpaired) electrons. The molecule has 6 heteroatoms.